The van der Waals surface area contributed by atoms with Gasteiger partial charge in [0.1, 0.15) is 17.8 Å². The zero-order valence-corrected chi connectivity index (χ0v) is 14.5. The molecule has 0 radical (unpaired) electrons. The lowest BCUT2D eigenvalue weighted by molar-refractivity contribution is 0.0948. The molecule has 2 heterocycles. The Kier molecular flexibility index (Phi) is 5.92. The molecule has 1 aromatic rings. The van der Waals surface area contributed by atoms with Crippen molar-refractivity contribution >= 4 is 21.6 Å². The van der Waals surface area contributed by atoms with E-state index in [1.54, 1.807) is 13.1 Å². The molecule has 7 nitrogen and oxygen atoms in total. The Morgan fingerprint density at radius 1 is 1.39 bits per heavy atom. The van der Waals surface area contributed by atoms with Gasteiger partial charge in [0.05, 0.1) is 11.5 Å². The van der Waals surface area contributed by atoms with Crippen molar-refractivity contribution in [2.24, 2.45) is 0 Å². The Morgan fingerprint density at radius 3 is 2.83 bits per heavy atom. The third kappa shape index (κ3) is 4.89. The summed E-state index contributed by atoms with van der Waals surface area (Å²) in [4.78, 5) is 22.1. The number of hydrogen-bond acceptors (Lipinski definition) is 6. The average molecular weight is 340 g/mol. The van der Waals surface area contributed by atoms with Crippen LogP contribution in [-0.2, 0) is 9.84 Å². The number of sulfone groups is 1. The van der Waals surface area contributed by atoms with Crippen molar-refractivity contribution in [2.45, 2.75) is 38.6 Å². The molecule has 1 aliphatic rings. The first-order valence-electron chi connectivity index (χ1n) is 7.96. The van der Waals surface area contributed by atoms with Gasteiger partial charge in [-0.1, -0.05) is 19.8 Å². The predicted molar refractivity (Wildman–Crippen MR) is 89.4 cm³/mol. The zero-order valence-electron chi connectivity index (χ0n) is 13.7. The van der Waals surface area contributed by atoms with E-state index in [1.807, 2.05) is 4.90 Å². The van der Waals surface area contributed by atoms with E-state index in [0.717, 1.165) is 19.3 Å². The van der Waals surface area contributed by atoms with Crippen LogP contribution in [0.3, 0.4) is 0 Å². The van der Waals surface area contributed by atoms with Crippen LogP contribution in [0.25, 0.3) is 0 Å². The number of hydrogen-bond donors (Lipinski definition) is 1. The van der Waals surface area contributed by atoms with Gasteiger partial charge in [-0.15, -0.1) is 0 Å². The fourth-order valence-corrected chi connectivity index (χ4v) is 4.37. The van der Waals surface area contributed by atoms with E-state index in [0.29, 0.717) is 24.5 Å². The largest absolute Gasteiger partial charge is 0.356 e. The van der Waals surface area contributed by atoms with Crippen molar-refractivity contribution in [1.82, 2.24) is 15.3 Å². The summed E-state index contributed by atoms with van der Waals surface area (Å²) in [7, 11) is -1.15. The fourth-order valence-electron chi connectivity index (χ4n) is 2.60. The summed E-state index contributed by atoms with van der Waals surface area (Å²) in [5, 5.41) is 2.84. The van der Waals surface area contributed by atoms with E-state index in [-0.39, 0.29) is 23.5 Å². The van der Waals surface area contributed by atoms with Gasteiger partial charge in [0.15, 0.2) is 9.84 Å². The van der Waals surface area contributed by atoms with E-state index in [4.69, 9.17) is 0 Å². The molecule has 128 valence electrons. The highest BCUT2D eigenvalue weighted by molar-refractivity contribution is 7.91. The molecule has 2 rings (SSSR count). The number of nitrogens with one attached hydrogen (secondary N) is 1. The van der Waals surface area contributed by atoms with Crippen molar-refractivity contribution in [1.29, 1.82) is 0 Å². The molecule has 1 aromatic heterocycles. The molecular weight excluding hydrogens is 316 g/mol. The molecule has 8 heteroatoms. The second-order valence-corrected chi connectivity index (χ2v) is 8.12. The first-order valence-corrected chi connectivity index (χ1v) is 9.78. The molecule has 1 atom stereocenters. The fraction of sp³-hybridized carbons (Fsp3) is 0.667. The van der Waals surface area contributed by atoms with Crippen LogP contribution in [0.1, 0.15) is 43.1 Å². The molecule has 1 fully saturated rings. The van der Waals surface area contributed by atoms with E-state index in [2.05, 4.69) is 22.2 Å². The predicted octanol–water partition coefficient (Wildman–Crippen LogP) is 1.02. The Morgan fingerprint density at radius 2 is 2.17 bits per heavy atom. The summed E-state index contributed by atoms with van der Waals surface area (Å²) >= 11 is 0. The maximum atomic E-state index is 12.1. The minimum Gasteiger partial charge on any atom is -0.356 e. The Bertz CT molecular complexity index is 648. The number of amides is 1. The Hall–Kier alpha value is -1.70. The lowest BCUT2D eigenvalue weighted by Gasteiger charge is -2.24. The molecule has 23 heavy (non-hydrogen) atoms. The van der Waals surface area contributed by atoms with Gasteiger partial charge in [-0.05, 0) is 12.8 Å². The summed E-state index contributed by atoms with van der Waals surface area (Å²) in [5.74, 6) is 0.683. The van der Waals surface area contributed by atoms with E-state index >= 15 is 0 Å². The van der Waals surface area contributed by atoms with Crippen LogP contribution in [0, 0.1) is 0 Å². The topological polar surface area (TPSA) is 92.3 Å². The molecule has 1 saturated heterocycles. The summed E-state index contributed by atoms with van der Waals surface area (Å²) < 4.78 is 23.2. The van der Waals surface area contributed by atoms with Gasteiger partial charge in [0.25, 0.3) is 5.91 Å². The molecule has 0 spiro atoms. The smallest absolute Gasteiger partial charge is 0.270 e. The summed E-state index contributed by atoms with van der Waals surface area (Å²) in [6, 6.07) is 1.51. The molecule has 0 bridgehead atoms. The lowest BCUT2D eigenvalue weighted by atomic mass is 10.2. The Labute approximate surface area is 137 Å². The summed E-state index contributed by atoms with van der Waals surface area (Å²) in [6.45, 7) is 2.74. The lowest BCUT2D eigenvalue weighted by Crippen LogP contribution is -2.33. The summed E-state index contributed by atoms with van der Waals surface area (Å²) in [6.07, 6.45) is 5.05. The number of unbranched alkanes of at least 4 members (excludes halogenated alkanes) is 2. The van der Waals surface area contributed by atoms with Crippen molar-refractivity contribution < 1.29 is 13.2 Å². The first-order chi connectivity index (χ1) is 10.9. The van der Waals surface area contributed by atoms with Gasteiger partial charge in [0.2, 0.25) is 0 Å². The van der Waals surface area contributed by atoms with Crippen molar-refractivity contribution in [3.63, 3.8) is 0 Å². The quantitative estimate of drug-likeness (QED) is 0.745. The highest BCUT2D eigenvalue weighted by Crippen LogP contribution is 2.21. The SMILES string of the molecule is CCCCCNC(=O)c1cc(N(C)C2CCS(=O)(=O)C2)ncn1. The van der Waals surface area contributed by atoms with Gasteiger partial charge in [0, 0.05) is 25.7 Å². The van der Waals surface area contributed by atoms with Crippen LogP contribution in [0.4, 0.5) is 5.82 Å². The van der Waals surface area contributed by atoms with E-state index in [1.165, 1.54) is 6.33 Å². The van der Waals surface area contributed by atoms with Crippen LogP contribution < -0.4 is 10.2 Å². The minimum atomic E-state index is -2.96. The van der Waals surface area contributed by atoms with Gasteiger partial charge in [-0.3, -0.25) is 4.79 Å². The van der Waals surface area contributed by atoms with Crippen LogP contribution in [0.5, 0.6) is 0 Å². The monoisotopic (exact) mass is 340 g/mol. The van der Waals surface area contributed by atoms with Crippen LogP contribution in [0.2, 0.25) is 0 Å². The molecule has 1 amide bonds. The van der Waals surface area contributed by atoms with Gasteiger partial charge < -0.3 is 10.2 Å². The minimum absolute atomic E-state index is 0.102. The average Bonchev–Trinajstić information content (AvgIpc) is 2.91. The van der Waals surface area contributed by atoms with Crippen LogP contribution in [0.15, 0.2) is 12.4 Å². The second-order valence-electron chi connectivity index (χ2n) is 5.89. The normalized spacial score (nSPS) is 19.5. The van der Waals surface area contributed by atoms with Gasteiger partial charge in [-0.25, -0.2) is 18.4 Å². The van der Waals surface area contributed by atoms with Gasteiger partial charge >= 0.3 is 0 Å². The number of rotatable bonds is 7. The first kappa shape index (κ1) is 17.7. The molecule has 1 aliphatic heterocycles. The number of aromatic nitrogens is 2. The van der Waals surface area contributed by atoms with Gasteiger partial charge in [-0.2, -0.15) is 0 Å². The molecule has 1 N–H and O–H groups in total. The van der Waals surface area contributed by atoms with Crippen LogP contribution >= 0.6 is 0 Å². The highest BCUT2D eigenvalue weighted by Gasteiger charge is 2.31. The van der Waals surface area contributed by atoms with E-state index < -0.39 is 9.84 Å². The molecule has 0 aromatic carbocycles. The van der Waals surface area contributed by atoms with Crippen molar-refractivity contribution in [2.75, 3.05) is 30.0 Å². The van der Waals surface area contributed by atoms with Crippen molar-refractivity contribution in [3.8, 4) is 0 Å². The zero-order chi connectivity index (χ0) is 16.9. The molecule has 1 unspecified atom stereocenters. The number of carbonyl (C=O) groups excluding carboxylic acids is 1. The number of carbonyl (C=O) groups is 1. The summed E-state index contributed by atoms with van der Waals surface area (Å²) in [5.41, 5.74) is 0.305. The third-order valence-corrected chi connectivity index (χ3v) is 5.82. The highest BCUT2D eigenvalue weighted by atomic mass is 32.2. The number of anilines is 1. The third-order valence-electron chi connectivity index (χ3n) is 4.07. The van der Waals surface area contributed by atoms with Crippen LogP contribution in [-0.4, -0.2) is 55.4 Å². The molecule has 0 saturated carbocycles. The molecule has 0 aliphatic carbocycles. The second kappa shape index (κ2) is 7.72. The Balaban J connectivity index is 2.00. The van der Waals surface area contributed by atoms with E-state index in [9.17, 15) is 13.2 Å². The maximum absolute atomic E-state index is 12.1. The molecular formula is C15H24N4O3S. The standard InChI is InChI=1S/C15H24N4O3S/c1-3-4-5-7-16-15(20)13-9-14(18-11-17-13)19(2)12-6-8-23(21,22)10-12/h9,11-12H,3-8,10H2,1-2H3,(H,16,20). The maximum Gasteiger partial charge on any atom is 0.270 e. The van der Waals surface area contributed by atoms with Crippen molar-refractivity contribution in [3.05, 3.63) is 18.1 Å². The number of nitrogens with zero attached hydrogens (tertiary/aromatic N) is 3.